The van der Waals surface area contributed by atoms with Crippen molar-refractivity contribution >= 4 is 27.5 Å². The first kappa shape index (κ1) is 16.3. The maximum atomic E-state index is 6.38. The van der Waals surface area contributed by atoms with Gasteiger partial charge in [-0.05, 0) is 65.6 Å². The Balaban J connectivity index is 2.14. The topological polar surface area (TPSA) is 21.3 Å². The fourth-order valence-corrected chi connectivity index (χ4v) is 2.75. The van der Waals surface area contributed by atoms with E-state index in [2.05, 4.69) is 35.1 Å². The minimum atomic E-state index is 0.231. The molecule has 21 heavy (non-hydrogen) atoms. The van der Waals surface area contributed by atoms with Gasteiger partial charge in [-0.3, -0.25) is 0 Å². The molecule has 1 atom stereocenters. The molecule has 1 unspecified atom stereocenters. The van der Waals surface area contributed by atoms with Crippen molar-refractivity contribution in [2.75, 3.05) is 6.54 Å². The third kappa shape index (κ3) is 4.47. The molecule has 2 nitrogen and oxygen atoms in total. The van der Waals surface area contributed by atoms with Crippen molar-refractivity contribution in [3.63, 3.8) is 0 Å². The molecule has 0 bridgehead atoms. The maximum absolute atomic E-state index is 6.38. The molecule has 4 heteroatoms. The van der Waals surface area contributed by atoms with Crippen molar-refractivity contribution in [1.29, 1.82) is 0 Å². The van der Waals surface area contributed by atoms with E-state index < -0.39 is 0 Å². The predicted octanol–water partition coefficient (Wildman–Crippen LogP) is 5.96. The molecule has 0 aliphatic heterocycles. The quantitative estimate of drug-likeness (QED) is 0.679. The fourth-order valence-electron chi connectivity index (χ4n) is 2.05. The van der Waals surface area contributed by atoms with E-state index in [-0.39, 0.29) is 6.04 Å². The minimum absolute atomic E-state index is 0.231. The molecule has 2 aromatic rings. The standard InChI is InChI=1S/C17H19BrClNO/c1-3-10-20-12(2)14-9-8-13(11-16(14)19)21-17-7-5-4-6-15(17)18/h4-9,11-12,20H,3,10H2,1-2H3. The Kier molecular flexibility index (Phi) is 6.09. The zero-order chi connectivity index (χ0) is 15.2. The Morgan fingerprint density at radius 1 is 1.24 bits per heavy atom. The van der Waals surface area contributed by atoms with Gasteiger partial charge in [-0.25, -0.2) is 0 Å². The van der Waals surface area contributed by atoms with Crippen LogP contribution in [0.15, 0.2) is 46.9 Å². The predicted molar refractivity (Wildman–Crippen MR) is 92.4 cm³/mol. The third-order valence-electron chi connectivity index (χ3n) is 3.20. The molecule has 2 aromatic carbocycles. The Morgan fingerprint density at radius 3 is 2.67 bits per heavy atom. The molecule has 0 saturated carbocycles. The number of nitrogens with one attached hydrogen (secondary N) is 1. The monoisotopic (exact) mass is 367 g/mol. The number of hydrogen-bond donors (Lipinski definition) is 1. The van der Waals surface area contributed by atoms with E-state index >= 15 is 0 Å². The smallest absolute Gasteiger partial charge is 0.141 e. The van der Waals surface area contributed by atoms with Crippen LogP contribution in [0.4, 0.5) is 0 Å². The first-order valence-corrected chi connectivity index (χ1v) is 8.24. The Bertz CT molecular complexity index is 603. The molecule has 0 radical (unpaired) electrons. The highest BCUT2D eigenvalue weighted by atomic mass is 79.9. The fraction of sp³-hybridized carbons (Fsp3) is 0.294. The van der Waals surface area contributed by atoms with Gasteiger partial charge in [-0.2, -0.15) is 0 Å². The highest BCUT2D eigenvalue weighted by molar-refractivity contribution is 9.10. The molecule has 0 aromatic heterocycles. The minimum Gasteiger partial charge on any atom is -0.456 e. The van der Waals surface area contributed by atoms with Gasteiger partial charge in [0.2, 0.25) is 0 Å². The van der Waals surface area contributed by atoms with Crippen molar-refractivity contribution in [2.24, 2.45) is 0 Å². The highest BCUT2D eigenvalue weighted by Gasteiger charge is 2.10. The summed E-state index contributed by atoms with van der Waals surface area (Å²) in [6, 6.07) is 13.8. The zero-order valence-corrected chi connectivity index (χ0v) is 14.5. The van der Waals surface area contributed by atoms with Crippen LogP contribution in [0.5, 0.6) is 11.5 Å². The molecular weight excluding hydrogens is 350 g/mol. The van der Waals surface area contributed by atoms with Crippen LogP contribution in [0.2, 0.25) is 5.02 Å². The summed E-state index contributed by atoms with van der Waals surface area (Å²) in [5.74, 6) is 1.51. The van der Waals surface area contributed by atoms with Crippen molar-refractivity contribution in [3.8, 4) is 11.5 Å². The second-order valence-electron chi connectivity index (χ2n) is 4.89. The average Bonchev–Trinajstić information content (AvgIpc) is 2.47. The Morgan fingerprint density at radius 2 is 2.00 bits per heavy atom. The molecule has 0 amide bonds. The van der Waals surface area contributed by atoms with Crippen molar-refractivity contribution in [2.45, 2.75) is 26.3 Å². The third-order valence-corrected chi connectivity index (χ3v) is 4.19. The number of rotatable bonds is 6. The van der Waals surface area contributed by atoms with E-state index in [1.54, 1.807) is 0 Å². The molecule has 2 rings (SSSR count). The number of ether oxygens (including phenoxy) is 1. The number of hydrogen-bond acceptors (Lipinski definition) is 2. The van der Waals surface area contributed by atoms with E-state index in [0.717, 1.165) is 39.5 Å². The molecule has 0 heterocycles. The summed E-state index contributed by atoms with van der Waals surface area (Å²) in [4.78, 5) is 0. The van der Waals surface area contributed by atoms with Gasteiger partial charge in [0.25, 0.3) is 0 Å². The van der Waals surface area contributed by atoms with Crippen LogP contribution in [-0.2, 0) is 0 Å². The van der Waals surface area contributed by atoms with E-state index in [1.165, 1.54) is 0 Å². The molecule has 0 spiro atoms. The number of para-hydroxylation sites is 1. The van der Waals surface area contributed by atoms with Crippen LogP contribution < -0.4 is 10.1 Å². The van der Waals surface area contributed by atoms with Crippen LogP contribution in [0.3, 0.4) is 0 Å². The van der Waals surface area contributed by atoms with Gasteiger partial charge in [0.05, 0.1) is 4.47 Å². The van der Waals surface area contributed by atoms with Gasteiger partial charge in [0.1, 0.15) is 11.5 Å². The van der Waals surface area contributed by atoms with Crippen molar-refractivity contribution < 1.29 is 4.74 Å². The van der Waals surface area contributed by atoms with E-state index in [1.807, 2.05) is 42.5 Å². The van der Waals surface area contributed by atoms with E-state index in [4.69, 9.17) is 16.3 Å². The summed E-state index contributed by atoms with van der Waals surface area (Å²) in [7, 11) is 0. The number of benzene rings is 2. The van der Waals surface area contributed by atoms with Gasteiger partial charge >= 0.3 is 0 Å². The lowest BCUT2D eigenvalue weighted by molar-refractivity contribution is 0.479. The summed E-state index contributed by atoms with van der Waals surface area (Å²) < 4.78 is 6.77. The first-order valence-electron chi connectivity index (χ1n) is 7.07. The molecule has 0 saturated heterocycles. The lowest BCUT2D eigenvalue weighted by atomic mass is 10.1. The second-order valence-corrected chi connectivity index (χ2v) is 6.15. The second kappa shape index (κ2) is 7.83. The maximum Gasteiger partial charge on any atom is 0.141 e. The lowest BCUT2D eigenvalue weighted by Crippen LogP contribution is -2.19. The Hall–Kier alpha value is -1.03. The van der Waals surface area contributed by atoms with Crippen molar-refractivity contribution in [1.82, 2.24) is 5.32 Å². The van der Waals surface area contributed by atoms with Crippen LogP contribution in [0.1, 0.15) is 31.9 Å². The van der Waals surface area contributed by atoms with Gasteiger partial charge in [-0.1, -0.05) is 36.7 Å². The molecular formula is C17H19BrClNO. The number of halogens is 2. The molecule has 0 aliphatic rings. The summed E-state index contributed by atoms with van der Waals surface area (Å²) >= 11 is 9.85. The summed E-state index contributed by atoms with van der Waals surface area (Å²) in [5, 5.41) is 4.15. The molecule has 112 valence electrons. The summed E-state index contributed by atoms with van der Waals surface area (Å²) in [5.41, 5.74) is 1.09. The van der Waals surface area contributed by atoms with Gasteiger partial charge in [-0.15, -0.1) is 0 Å². The Labute approximate surface area is 139 Å². The SMILES string of the molecule is CCCNC(C)c1ccc(Oc2ccccc2Br)cc1Cl. The first-order chi connectivity index (χ1) is 10.1. The van der Waals surface area contributed by atoms with Crippen LogP contribution in [0, 0.1) is 0 Å². The van der Waals surface area contributed by atoms with Crippen LogP contribution >= 0.6 is 27.5 Å². The van der Waals surface area contributed by atoms with Gasteiger partial charge < -0.3 is 10.1 Å². The molecule has 0 fully saturated rings. The van der Waals surface area contributed by atoms with Crippen LogP contribution in [0.25, 0.3) is 0 Å². The van der Waals surface area contributed by atoms with Crippen LogP contribution in [-0.4, -0.2) is 6.54 Å². The lowest BCUT2D eigenvalue weighted by Gasteiger charge is -2.16. The van der Waals surface area contributed by atoms with E-state index in [0.29, 0.717) is 0 Å². The zero-order valence-electron chi connectivity index (χ0n) is 12.2. The molecule has 0 aliphatic carbocycles. The summed E-state index contributed by atoms with van der Waals surface area (Å²) in [6.07, 6.45) is 1.10. The van der Waals surface area contributed by atoms with E-state index in [9.17, 15) is 0 Å². The van der Waals surface area contributed by atoms with Crippen molar-refractivity contribution in [3.05, 3.63) is 57.5 Å². The molecule has 1 N–H and O–H groups in total. The highest BCUT2D eigenvalue weighted by Crippen LogP contribution is 2.32. The largest absolute Gasteiger partial charge is 0.456 e. The summed E-state index contributed by atoms with van der Waals surface area (Å²) in [6.45, 7) is 5.24. The van der Waals surface area contributed by atoms with Gasteiger partial charge in [0.15, 0.2) is 0 Å². The average molecular weight is 369 g/mol. The van der Waals surface area contributed by atoms with Gasteiger partial charge in [0, 0.05) is 11.1 Å². The normalized spacial score (nSPS) is 12.2.